The fourth-order valence-electron chi connectivity index (χ4n) is 3.99. The van der Waals surface area contributed by atoms with Crippen molar-refractivity contribution in [2.24, 2.45) is 0 Å². The van der Waals surface area contributed by atoms with Crippen molar-refractivity contribution in [3.63, 3.8) is 0 Å². The fourth-order valence-corrected chi connectivity index (χ4v) is 4.12. The molecule has 2 aromatic carbocycles. The molecule has 4 rings (SSSR count). The van der Waals surface area contributed by atoms with Gasteiger partial charge < -0.3 is 4.74 Å². The number of hydrogen-bond donors (Lipinski definition) is 0. The minimum absolute atomic E-state index is 0.172. The molecule has 0 saturated carbocycles. The molecule has 2 heterocycles. The lowest BCUT2D eigenvalue weighted by atomic mass is 9.91. The predicted octanol–water partition coefficient (Wildman–Crippen LogP) is 5.53. The van der Waals surface area contributed by atoms with Crippen molar-refractivity contribution in [1.82, 2.24) is 14.8 Å². The number of ether oxygens (including phenoxy) is 1. The SMILES string of the molecule is CCCC(=O)C[C@@H]1C=C(c2ccc(Cl)cc2)c2cc(OC)ccc2-n2c(C)nnc21. The van der Waals surface area contributed by atoms with E-state index in [2.05, 4.69) is 20.8 Å². The molecule has 154 valence electrons. The standard InChI is InChI=1S/C24H24ClN3O2/c1-4-5-19(29)12-17-13-21(16-6-8-18(25)9-7-16)22-14-20(30-3)10-11-23(22)28-15(2)26-27-24(17)28/h6-11,13-14,17H,4-5,12H2,1-3H3/t17-/m1/s1. The number of allylic oxidation sites excluding steroid dienone is 1. The van der Waals surface area contributed by atoms with Gasteiger partial charge >= 0.3 is 0 Å². The van der Waals surface area contributed by atoms with Gasteiger partial charge in [0, 0.05) is 29.3 Å². The maximum atomic E-state index is 12.6. The van der Waals surface area contributed by atoms with E-state index in [0.717, 1.165) is 46.2 Å². The zero-order chi connectivity index (χ0) is 21.3. The molecular weight excluding hydrogens is 398 g/mol. The topological polar surface area (TPSA) is 57.0 Å². The smallest absolute Gasteiger partial charge is 0.145 e. The van der Waals surface area contributed by atoms with Gasteiger partial charge in [0.1, 0.15) is 23.2 Å². The van der Waals surface area contributed by atoms with Crippen LogP contribution in [-0.2, 0) is 4.79 Å². The van der Waals surface area contributed by atoms with Gasteiger partial charge in [0.05, 0.1) is 12.8 Å². The highest BCUT2D eigenvalue weighted by molar-refractivity contribution is 6.30. The van der Waals surface area contributed by atoms with Crippen LogP contribution in [0.5, 0.6) is 5.75 Å². The third kappa shape index (κ3) is 3.77. The maximum absolute atomic E-state index is 12.6. The van der Waals surface area contributed by atoms with Gasteiger partial charge in [-0.15, -0.1) is 10.2 Å². The van der Waals surface area contributed by atoms with E-state index in [0.29, 0.717) is 17.9 Å². The van der Waals surface area contributed by atoms with Gasteiger partial charge in [0.15, 0.2) is 0 Å². The summed E-state index contributed by atoms with van der Waals surface area (Å²) in [7, 11) is 1.66. The van der Waals surface area contributed by atoms with Crippen LogP contribution in [0.4, 0.5) is 0 Å². The molecule has 0 unspecified atom stereocenters. The van der Waals surface area contributed by atoms with Crippen molar-refractivity contribution in [2.75, 3.05) is 7.11 Å². The first-order valence-electron chi connectivity index (χ1n) is 10.1. The van der Waals surface area contributed by atoms with Crippen LogP contribution in [0.3, 0.4) is 0 Å². The summed E-state index contributed by atoms with van der Waals surface area (Å²) in [6.07, 6.45) is 3.94. The Morgan fingerprint density at radius 2 is 1.93 bits per heavy atom. The number of aromatic nitrogens is 3. The monoisotopic (exact) mass is 421 g/mol. The van der Waals surface area contributed by atoms with Crippen LogP contribution in [0, 0.1) is 6.92 Å². The van der Waals surface area contributed by atoms with Crippen LogP contribution in [0.2, 0.25) is 5.02 Å². The van der Waals surface area contributed by atoms with Crippen LogP contribution in [0.15, 0.2) is 48.5 Å². The fraction of sp³-hybridized carbons (Fsp3) is 0.292. The Kier molecular flexibility index (Phi) is 5.73. The lowest BCUT2D eigenvalue weighted by Crippen LogP contribution is -2.10. The number of halogens is 1. The highest BCUT2D eigenvalue weighted by Gasteiger charge is 2.28. The van der Waals surface area contributed by atoms with Crippen LogP contribution < -0.4 is 4.74 Å². The summed E-state index contributed by atoms with van der Waals surface area (Å²) in [5, 5.41) is 9.46. The Morgan fingerprint density at radius 1 is 1.17 bits per heavy atom. The molecule has 0 N–H and O–H groups in total. The molecule has 30 heavy (non-hydrogen) atoms. The van der Waals surface area contributed by atoms with Gasteiger partial charge in [-0.1, -0.05) is 36.7 Å². The molecule has 0 aliphatic carbocycles. The van der Waals surface area contributed by atoms with Crippen LogP contribution in [-0.4, -0.2) is 27.7 Å². The summed E-state index contributed by atoms with van der Waals surface area (Å²) >= 11 is 6.13. The zero-order valence-corrected chi connectivity index (χ0v) is 18.1. The van der Waals surface area contributed by atoms with Gasteiger partial charge in [0.25, 0.3) is 0 Å². The molecule has 0 radical (unpaired) electrons. The first kappa shape index (κ1) is 20.4. The Hall–Kier alpha value is -2.92. The summed E-state index contributed by atoms with van der Waals surface area (Å²) in [4.78, 5) is 12.6. The van der Waals surface area contributed by atoms with Crippen molar-refractivity contribution in [3.8, 4) is 11.4 Å². The normalized spacial score (nSPS) is 15.1. The van der Waals surface area contributed by atoms with Crippen molar-refractivity contribution < 1.29 is 9.53 Å². The lowest BCUT2D eigenvalue weighted by Gasteiger charge is -2.15. The van der Waals surface area contributed by atoms with E-state index in [1.807, 2.05) is 56.3 Å². The lowest BCUT2D eigenvalue weighted by molar-refractivity contribution is -0.119. The summed E-state index contributed by atoms with van der Waals surface area (Å²) in [5.74, 6) is 2.39. The molecule has 0 saturated heterocycles. The van der Waals surface area contributed by atoms with E-state index in [4.69, 9.17) is 16.3 Å². The Morgan fingerprint density at radius 3 is 2.63 bits per heavy atom. The second-order valence-corrected chi connectivity index (χ2v) is 7.95. The molecule has 6 heteroatoms. The highest BCUT2D eigenvalue weighted by Crippen LogP contribution is 2.40. The third-order valence-electron chi connectivity index (χ3n) is 5.42. The van der Waals surface area contributed by atoms with Crippen molar-refractivity contribution in [2.45, 2.75) is 39.0 Å². The molecular formula is C24H24ClN3O2. The van der Waals surface area contributed by atoms with E-state index in [9.17, 15) is 4.79 Å². The molecule has 0 spiro atoms. The average molecular weight is 422 g/mol. The van der Waals surface area contributed by atoms with Crippen molar-refractivity contribution in [3.05, 3.63) is 76.3 Å². The van der Waals surface area contributed by atoms with Crippen LogP contribution >= 0.6 is 11.6 Å². The minimum atomic E-state index is -0.172. The number of Topliss-reactive ketones (excluding diaryl/α,β-unsaturated/α-hetero) is 1. The van der Waals surface area contributed by atoms with Gasteiger partial charge in [-0.3, -0.25) is 9.36 Å². The first-order chi connectivity index (χ1) is 14.5. The number of rotatable bonds is 6. The number of aryl methyl sites for hydroxylation is 1. The number of carbonyl (C=O) groups excluding carboxylic acids is 1. The van der Waals surface area contributed by atoms with Gasteiger partial charge in [-0.25, -0.2) is 0 Å². The molecule has 1 atom stereocenters. The number of ketones is 1. The van der Waals surface area contributed by atoms with E-state index in [1.165, 1.54) is 0 Å². The van der Waals surface area contributed by atoms with Crippen molar-refractivity contribution >= 4 is 23.0 Å². The van der Waals surface area contributed by atoms with Crippen LogP contribution in [0.1, 0.15) is 54.9 Å². The summed E-state index contributed by atoms with van der Waals surface area (Å²) in [5.41, 5.74) is 4.03. The van der Waals surface area contributed by atoms with E-state index < -0.39 is 0 Å². The van der Waals surface area contributed by atoms with Gasteiger partial charge in [-0.2, -0.15) is 0 Å². The number of carbonyl (C=O) groups is 1. The van der Waals surface area contributed by atoms with Gasteiger partial charge in [-0.05, 0) is 54.8 Å². The molecule has 0 amide bonds. The van der Waals surface area contributed by atoms with Gasteiger partial charge in [0.2, 0.25) is 0 Å². The van der Waals surface area contributed by atoms with Crippen LogP contribution in [0.25, 0.3) is 11.3 Å². The first-order valence-corrected chi connectivity index (χ1v) is 10.5. The molecule has 1 aromatic heterocycles. The second kappa shape index (κ2) is 8.44. The second-order valence-electron chi connectivity index (χ2n) is 7.51. The number of methoxy groups -OCH3 is 1. The minimum Gasteiger partial charge on any atom is -0.497 e. The summed E-state index contributed by atoms with van der Waals surface area (Å²) < 4.78 is 7.56. The van der Waals surface area contributed by atoms with E-state index >= 15 is 0 Å². The molecule has 1 aliphatic heterocycles. The largest absolute Gasteiger partial charge is 0.497 e. The zero-order valence-electron chi connectivity index (χ0n) is 17.4. The Bertz CT molecular complexity index is 1120. The van der Waals surface area contributed by atoms with E-state index in [1.54, 1.807) is 7.11 Å². The number of benzene rings is 2. The number of fused-ring (bicyclic) bond motifs is 3. The average Bonchev–Trinajstić information content (AvgIpc) is 3.06. The molecule has 0 fully saturated rings. The molecule has 0 bridgehead atoms. The predicted molar refractivity (Wildman–Crippen MR) is 118 cm³/mol. The molecule has 3 aromatic rings. The van der Waals surface area contributed by atoms with Crippen molar-refractivity contribution in [1.29, 1.82) is 0 Å². The number of nitrogens with zero attached hydrogens (tertiary/aromatic N) is 3. The summed E-state index contributed by atoms with van der Waals surface area (Å²) in [6, 6.07) is 13.7. The molecule has 5 nitrogen and oxygen atoms in total. The third-order valence-corrected chi connectivity index (χ3v) is 5.67. The number of hydrogen-bond acceptors (Lipinski definition) is 4. The molecule has 1 aliphatic rings. The highest BCUT2D eigenvalue weighted by atomic mass is 35.5. The Labute approximate surface area is 181 Å². The Balaban J connectivity index is 1.96. The summed E-state index contributed by atoms with van der Waals surface area (Å²) in [6.45, 7) is 3.96. The van der Waals surface area contributed by atoms with E-state index in [-0.39, 0.29) is 11.7 Å². The maximum Gasteiger partial charge on any atom is 0.145 e. The quantitative estimate of drug-likeness (QED) is 0.525.